The van der Waals surface area contributed by atoms with Gasteiger partial charge in [-0.15, -0.1) is 11.6 Å². The molecule has 3 nitrogen and oxygen atoms in total. The highest BCUT2D eigenvalue weighted by Gasteiger charge is 2.17. The van der Waals surface area contributed by atoms with Gasteiger partial charge in [0, 0.05) is 6.54 Å². The molecule has 1 aliphatic rings. The van der Waals surface area contributed by atoms with E-state index in [0.29, 0.717) is 13.2 Å². The predicted octanol–water partition coefficient (Wildman–Crippen LogP) is 3.86. The summed E-state index contributed by atoms with van der Waals surface area (Å²) in [6, 6.07) is 6.01. The Morgan fingerprint density at radius 3 is 2.65 bits per heavy atom. The molecule has 0 saturated carbocycles. The Morgan fingerprint density at radius 1 is 1.20 bits per heavy atom. The van der Waals surface area contributed by atoms with Crippen LogP contribution in [-0.4, -0.2) is 37.7 Å². The summed E-state index contributed by atoms with van der Waals surface area (Å²) >= 11 is 6.56. The minimum atomic E-state index is -0.0115. The minimum absolute atomic E-state index is 0.0115. The summed E-state index contributed by atoms with van der Waals surface area (Å²) < 4.78 is 11.1. The van der Waals surface area contributed by atoms with Crippen molar-refractivity contribution < 1.29 is 9.47 Å². The Bertz CT molecular complexity index is 425. The zero-order chi connectivity index (χ0) is 14.4. The van der Waals surface area contributed by atoms with Gasteiger partial charge >= 0.3 is 0 Å². The van der Waals surface area contributed by atoms with Crippen LogP contribution < -0.4 is 9.47 Å². The smallest absolute Gasteiger partial charge is 0.161 e. The molecule has 0 aliphatic carbocycles. The van der Waals surface area contributed by atoms with Crippen LogP contribution in [0.25, 0.3) is 0 Å². The van der Waals surface area contributed by atoms with Crippen LogP contribution in [0.1, 0.15) is 37.6 Å². The molecule has 0 N–H and O–H groups in total. The summed E-state index contributed by atoms with van der Waals surface area (Å²) in [7, 11) is 0. The van der Waals surface area contributed by atoms with Crippen molar-refractivity contribution in [3.05, 3.63) is 23.8 Å². The number of nitrogens with zero attached hydrogens (tertiary/aromatic N) is 1. The molecular weight excluding hydrogens is 274 g/mol. The first-order valence-corrected chi connectivity index (χ1v) is 7.94. The fourth-order valence-electron chi connectivity index (χ4n) is 2.35. The van der Waals surface area contributed by atoms with Crippen molar-refractivity contribution in [2.24, 2.45) is 0 Å². The number of ether oxygens (including phenoxy) is 2. The normalized spacial score (nSPS) is 15.4. The van der Waals surface area contributed by atoms with Crippen molar-refractivity contribution in [1.29, 1.82) is 0 Å². The number of likely N-dealkylation sites (N-methyl/N-ethyl adjacent to an activating group) is 1. The lowest BCUT2D eigenvalue weighted by atomic mass is 10.1. The predicted molar refractivity (Wildman–Crippen MR) is 83.0 cm³/mol. The van der Waals surface area contributed by atoms with Crippen LogP contribution in [0.3, 0.4) is 0 Å². The molecule has 1 atom stereocenters. The van der Waals surface area contributed by atoms with Crippen LogP contribution in [0.4, 0.5) is 0 Å². The molecule has 0 saturated heterocycles. The van der Waals surface area contributed by atoms with Crippen LogP contribution in [0.5, 0.6) is 11.5 Å². The highest BCUT2D eigenvalue weighted by Crippen LogP contribution is 2.34. The van der Waals surface area contributed by atoms with Gasteiger partial charge in [-0.1, -0.05) is 26.3 Å². The van der Waals surface area contributed by atoms with Crippen molar-refractivity contribution in [2.45, 2.75) is 32.1 Å². The van der Waals surface area contributed by atoms with Crippen molar-refractivity contribution in [2.75, 3.05) is 32.8 Å². The molecule has 20 heavy (non-hydrogen) atoms. The lowest BCUT2D eigenvalue weighted by Gasteiger charge is -2.24. The molecule has 0 fully saturated rings. The average molecular weight is 298 g/mol. The Labute approximate surface area is 126 Å². The first kappa shape index (κ1) is 15.5. The van der Waals surface area contributed by atoms with Crippen molar-refractivity contribution in [3.63, 3.8) is 0 Å². The number of hydrogen-bond donors (Lipinski definition) is 0. The van der Waals surface area contributed by atoms with E-state index in [-0.39, 0.29) is 5.38 Å². The van der Waals surface area contributed by atoms with Gasteiger partial charge in [-0.25, -0.2) is 0 Å². The Hall–Kier alpha value is -0.930. The molecule has 4 heteroatoms. The third-order valence-electron chi connectivity index (χ3n) is 3.62. The second-order valence-electron chi connectivity index (χ2n) is 5.12. The number of fused-ring (bicyclic) bond motifs is 1. The molecule has 1 aliphatic heterocycles. The zero-order valence-electron chi connectivity index (χ0n) is 12.4. The van der Waals surface area contributed by atoms with E-state index in [4.69, 9.17) is 21.1 Å². The van der Waals surface area contributed by atoms with Gasteiger partial charge in [0.1, 0.15) is 13.2 Å². The first-order chi connectivity index (χ1) is 9.74. The largest absolute Gasteiger partial charge is 0.486 e. The molecule has 1 aromatic rings. The van der Waals surface area contributed by atoms with Gasteiger partial charge in [0.15, 0.2) is 11.5 Å². The van der Waals surface area contributed by atoms with Crippen LogP contribution >= 0.6 is 11.6 Å². The van der Waals surface area contributed by atoms with Gasteiger partial charge in [0.05, 0.1) is 5.38 Å². The summed E-state index contributed by atoms with van der Waals surface area (Å²) in [5.41, 5.74) is 1.10. The average Bonchev–Trinajstić information content (AvgIpc) is 2.50. The number of halogens is 1. The van der Waals surface area contributed by atoms with Crippen molar-refractivity contribution in [1.82, 2.24) is 4.90 Å². The van der Waals surface area contributed by atoms with Gasteiger partial charge in [-0.3, -0.25) is 0 Å². The lowest BCUT2D eigenvalue weighted by molar-refractivity contribution is 0.171. The number of alkyl halides is 1. The Kier molecular flexibility index (Phi) is 5.99. The second-order valence-corrected chi connectivity index (χ2v) is 5.64. The number of hydrogen-bond acceptors (Lipinski definition) is 3. The van der Waals surface area contributed by atoms with E-state index in [1.165, 1.54) is 12.8 Å². The van der Waals surface area contributed by atoms with Crippen LogP contribution in [0.2, 0.25) is 0 Å². The van der Waals surface area contributed by atoms with Gasteiger partial charge < -0.3 is 14.4 Å². The molecule has 0 bridgehead atoms. The third-order valence-corrected chi connectivity index (χ3v) is 4.01. The molecular formula is C16H24ClNO2. The quantitative estimate of drug-likeness (QED) is 0.713. The van der Waals surface area contributed by atoms with E-state index in [2.05, 4.69) is 18.7 Å². The standard InChI is InChI=1S/C16H24ClNO2/c1-3-5-8-18(4-2)12-14(17)13-6-7-15-16(11-13)20-10-9-19-15/h6-7,11,14H,3-5,8-10,12H2,1-2H3. The lowest BCUT2D eigenvalue weighted by Crippen LogP contribution is -2.28. The summed E-state index contributed by atoms with van der Waals surface area (Å²) in [6.45, 7) is 8.65. The molecule has 0 spiro atoms. The Morgan fingerprint density at radius 2 is 1.95 bits per heavy atom. The fourth-order valence-corrected chi connectivity index (χ4v) is 2.68. The molecule has 1 aromatic carbocycles. The highest BCUT2D eigenvalue weighted by molar-refractivity contribution is 6.21. The molecule has 0 radical (unpaired) electrons. The van der Waals surface area contributed by atoms with E-state index in [9.17, 15) is 0 Å². The molecule has 0 aromatic heterocycles. The molecule has 0 amide bonds. The van der Waals surface area contributed by atoms with Crippen LogP contribution in [0.15, 0.2) is 18.2 Å². The number of benzene rings is 1. The third kappa shape index (κ3) is 4.03. The highest BCUT2D eigenvalue weighted by atomic mass is 35.5. The number of rotatable bonds is 7. The molecule has 1 unspecified atom stereocenters. The van der Waals surface area contributed by atoms with E-state index < -0.39 is 0 Å². The summed E-state index contributed by atoms with van der Waals surface area (Å²) in [6.07, 6.45) is 2.44. The van der Waals surface area contributed by atoms with E-state index >= 15 is 0 Å². The number of unbranched alkanes of at least 4 members (excludes halogenated alkanes) is 1. The fraction of sp³-hybridized carbons (Fsp3) is 0.625. The van der Waals surface area contributed by atoms with Gasteiger partial charge in [0.25, 0.3) is 0 Å². The molecule has 2 rings (SSSR count). The van der Waals surface area contributed by atoms with Gasteiger partial charge in [-0.2, -0.15) is 0 Å². The van der Waals surface area contributed by atoms with Crippen LogP contribution in [0, 0.1) is 0 Å². The monoisotopic (exact) mass is 297 g/mol. The second kappa shape index (κ2) is 7.75. The maximum absolute atomic E-state index is 6.56. The van der Waals surface area contributed by atoms with Crippen molar-refractivity contribution >= 4 is 11.6 Å². The zero-order valence-corrected chi connectivity index (χ0v) is 13.2. The molecule has 1 heterocycles. The first-order valence-electron chi connectivity index (χ1n) is 7.50. The van der Waals surface area contributed by atoms with Crippen molar-refractivity contribution in [3.8, 4) is 11.5 Å². The van der Waals surface area contributed by atoms with E-state index in [0.717, 1.165) is 36.7 Å². The Balaban J connectivity index is 1.99. The minimum Gasteiger partial charge on any atom is -0.486 e. The van der Waals surface area contributed by atoms with E-state index in [1.807, 2.05) is 18.2 Å². The topological polar surface area (TPSA) is 21.7 Å². The summed E-state index contributed by atoms with van der Waals surface area (Å²) in [4.78, 5) is 2.40. The summed E-state index contributed by atoms with van der Waals surface area (Å²) in [5, 5.41) is -0.0115. The summed E-state index contributed by atoms with van der Waals surface area (Å²) in [5.74, 6) is 1.64. The maximum Gasteiger partial charge on any atom is 0.161 e. The SMILES string of the molecule is CCCCN(CC)CC(Cl)c1ccc2c(c1)OCCO2. The van der Waals surface area contributed by atoms with Gasteiger partial charge in [-0.05, 0) is 37.2 Å². The maximum atomic E-state index is 6.56. The van der Waals surface area contributed by atoms with E-state index in [1.54, 1.807) is 0 Å². The van der Waals surface area contributed by atoms with Gasteiger partial charge in [0.2, 0.25) is 0 Å². The van der Waals surface area contributed by atoms with Crippen LogP contribution in [-0.2, 0) is 0 Å². The molecule has 112 valence electrons.